The van der Waals surface area contributed by atoms with Crippen LogP contribution in [-0.4, -0.2) is 12.9 Å². The Morgan fingerprint density at radius 3 is 2.16 bits per heavy atom. The van der Waals surface area contributed by atoms with Gasteiger partial charge in [-0.3, -0.25) is 4.79 Å². The molecule has 0 saturated heterocycles. The minimum atomic E-state index is 0.0724. The number of benzene rings is 1. The summed E-state index contributed by atoms with van der Waals surface area (Å²) in [5.74, 6) is 0.835. The van der Waals surface area contributed by atoms with Gasteiger partial charge in [0.1, 0.15) is 5.75 Å². The summed E-state index contributed by atoms with van der Waals surface area (Å²) in [5, 5.41) is 0. The zero-order chi connectivity index (χ0) is 14.0. The van der Waals surface area contributed by atoms with E-state index in [2.05, 4.69) is 20.8 Å². The summed E-state index contributed by atoms with van der Waals surface area (Å²) in [5.41, 5.74) is 0.784. The highest BCUT2D eigenvalue weighted by Crippen LogP contribution is 2.30. The molecule has 0 atom stereocenters. The van der Waals surface area contributed by atoms with E-state index < -0.39 is 0 Å². The average molecular weight is 274 g/mol. The van der Waals surface area contributed by atoms with Gasteiger partial charge in [0.2, 0.25) is 5.78 Å². The largest absolute Gasteiger partial charge is 0.497 e. The molecule has 0 unspecified atom stereocenters. The molecule has 1 aromatic heterocycles. The molecule has 1 heterocycles. The Balaban J connectivity index is 2.26. The van der Waals surface area contributed by atoms with Gasteiger partial charge < -0.3 is 4.74 Å². The molecule has 1 aromatic carbocycles. The Kier molecular flexibility index (Phi) is 3.76. The van der Waals surface area contributed by atoms with E-state index in [1.54, 1.807) is 30.6 Å². The lowest BCUT2D eigenvalue weighted by atomic mass is 9.95. The number of ether oxygens (including phenoxy) is 1. The summed E-state index contributed by atoms with van der Waals surface area (Å²) >= 11 is 1.57. The zero-order valence-electron chi connectivity index (χ0n) is 11.7. The molecule has 0 spiro atoms. The van der Waals surface area contributed by atoms with E-state index in [9.17, 15) is 4.79 Å². The summed E-state index contributed by atoms with van der Waals surface area (Å²) in [4.78, 5) is 14.4. The second-order valence-electron chi connectivity index (χ2n) is 5.47. The van der Waals surface area contributed by atoms with Crippen LogP contribution in [0.25, 0.3) is 0 Å². The molecule has 19 heavy (non-hydrogen) atoms. The SMILES string of the molecule is COc1ccc(C(=O)c2ccc(C(C)(C)C)s2)cc1. The van der Waals surface area contributed by atoms with Crippen LogP contribution in [0.1, 0.15) is 40.9 Å². The van der Waals surface area contributed by atoms with E-state index in [0.717, 1.165) is 10.6 Å². The zero-order valence-corrected chi connectivity index (χ0v) is 12.5. The molecule has 100 valence electrons. The molecule has 0 radical (unpaired) electrons. The molecule has 0 amide bonds. The van der Waals surface area contributed by atoms with Gasteiger partial charge in [0.05, 0.1) is 12.0 Å². The number of thiophene rings is 1. The van der Waals surface area contributed by atoms with Gasteiger partial charge in [-0.25, -0.2) is 0 Å². The molecular weight excluding hydrogens is 256 g/mol. The maximum atomic E-state index is 12.4. The molecule has 0 aliphatic heterocycles. The second-order valence-corrected chi connectivity index (χ2v) is 6.56. The first-order valence-electron chi connectivity index (χ1n) is 6.21. The van der Waals surface area contributed by atoms with Gasteiger partial charge in [-0.2, -0.15) is 0 Å². The summed E-state index contributed by atoms with van der Waals surface area (Å²) in [6.45, 7) is 6.46. The van der Waals surface area contributed by atoms with Crippen molar-refractivity contribution in [2.45, 2.75) is 26.2 Å². The first kappa shape index (κ1) is 13.8. The van der Waals surface area contributed by atoms with Crippen molar-refractivity contribution in [1.82, 2.24) is 0 Å². The molecule has 2 aromatic rings. The summed E-state index contributed by atoms with van der Waals surface area (Å²) < 4.78 is 5.09. The highest BCUT2D eigenvalue weighted by molar-refractivity contribution is 7.14. The quantitative estimate of drug-likeness (QED) is 0.781. The Morgan fingerprint density at radius 1 is 1.05 bits per heavy atom. The number of hydrogen-bond donors (Lipinski definition) is 0. The first-order chi connectivity index (χ1) is 8.91. The van der Waals surface area contributed by atoms with Crippen LogP contribution in [-0.2, 0) is 5.41 Å². The number of rotatable bonds is 3. The van der Waals surface area contributed by atoms with E-state index in [1.165, 1.54) is 4.88 Å². The van der Waals surface area contributed by atoms with Crippen molar-refractivity contribution in [2.75, 3.05) is 7.11 Å². The molecule has 0 N–H and O–H groups in total. The lowest BCUT2D eigenvalue weighted by Gasteiger charge is -2.15. The third-order valence-corrected chi connectivity index (χ3v) is 4.43. The number of carbonyl (C=O) groups excluding carboxylic acids is 1. The molecule has 0 fully saturated rings. The van der Waals surface area contributed by atoms with E-state index in [0.29, 0.717) is 5.56 Å². The Bertz CT molecular complexity index is 574. The fraction of sp³-hybridized carbons (Fsp3) is 0.312. The van der Waals surface area contributed by atoms with Gasteiger partial charge in [0.25, 0.3) is 0 Å². The van der Waals surface area contributed by atoms with Gasteiger partial charge in [-0.1, -0.05) is 20.8 Å². The molecule has 2 nitrogen and oxygen atoms in total. The number of methoxy groups -OCH3 is 1. The molecule has 0 bridgehead atoms. The van der Waals surface area contributed by atoms with Gasteiger partial charge >= 0.3 is 0 Å². The number of carbonyl (C=O) groups is 1. The Labute approximate surface area is 118 Å². The molecule has 3 heteroatoms. The minimum absolute atomic E-state index is 0.0724. The van der Waals surface area contributed by atoms with Crippen molar-refractivity contribution in [2.24, 2.45) is 0 Å². The maximum Gasteiger partial charge on any atom is 0.202 e. The number of hydrogen-bond acceptors (Lipinski definition) is 3. The average Bonchev–Trinajstić information content (AvgIpc) is 2.87. The highest BCUT2D eigenvalue weighted by atomic mass is 32.1. The Morgan fingerprint density at radius 2 is 1.68 bits per heavy atom. The lowest BCUT2D eigenvalue weighted by Crippen LogP contribution is -2.07. The normalized spacial score (nSPS) is 11.4. The molecule has 2 rings (SSSR count). The van der Waals surface area contributed by atoms with Crippen LogP contribution >= 0.6 is 11.3 Å². The smallest absolute Gasteiger partial charge is 0.202 e. The van der Waals surface area contributed by atoms with Crippen LogP contribution in [0.2, 0.25) is 0 Å². The van der Waals surface area contributed by atoms with Crippen molar-refractivity contribution < 1.29 is 9.53 Å². The maximum absolute atomic E-state index is 12.4. The van der Waals surface area contributed by atoms with E-state index in [-0.39, 0.29) is 11.2 Å². The van der Waals surface area contributed by atoms with Gasteiger partial charge in [-0.05, 0) is 41.8 Å². The molecule has 0 aliphatic rings. The summed E-state index contributed by atoms with van der Waals surface area (Å²) in [6.07, 6.45) is 0. The van der Waals surface area contributed by atoms with Crippen molar-refractivity contribution in [1.29, 1.82) is 0 Å². The predicted octanol–water partition coefficient (Wildman–Crippen LogP) is 4.29. The summed E-state index contributed by atoms with van der Waals surface area (Å²) in [7, 11) is 1.62. The van der Waals surface area contributed by atoms with Crippen LogP contribution in [0.15, 0.2) is 36.4 Å². The van der Waals surface area contributed by atoms with E-state index in [4.69, 9.17) is 4.74 Å². The van der Waals surface area contributed by atoms with Crippen LogP contribution in [0.4, 0.5) is 0 Å². The van der Waals surface area contributed by atoms with Crippen molar-refractivity contribution in [3.8, 4) is 5.75 Å². The van der Waals surface area contributed by atoms with Gasteiger partial charge in [0.15, 0.2) is 0 Å². The van der Waals surface area contributed by atoms with Crippen molar-refractivity contribution >= 4 is 17.1 Å². The third kappa shape index (κ3) is 3.04. The van der Waals surface area contributed by atoms with Gasteiger partial charge in [-0.15, -0.1) is 11.3 Å². The van der Waals surface area contributed by atoms with Crippen molar-refractivity contribution in [3.05, 3.63) is 51.7 Å². The first-order valence-corrected chi connectivity index (χ1v) is 7.02. The lowest BCUT2D eigenvalue weighted by molar-refractivity contribution is 0.104. The number of ketones is 1. The molecular formula is C16H18O2S. The van der Waals surface area contributed by atoms with Crippen LogP contribution in [0, 0.1) is 0 Å². The highest BCUT2D eigenvalue weighted by Gasteiger charge is 2.19. The standard InChI is InChI=1S/C16H18O2S/c1-16(2,3)14-10-9-13(19-14)15(17)11-5-7-12(18-4)8-6-11/h5-10H,1-4H3. The van der Waals surface area contributed by atoms with Crippen molar-refractivity contribution in [3.63, 3.8) is 0 Å². The molecule has 0 aliphatic carbocycles. The van der Waals surface area contributed by atoms with E-state index in [1.807, 2.05) is 24.3 Å². The fourth-order valence-corrected chi connectivity index (χ4v) is 2.77. The summed E-state index contributed by atoms with van der Waals surface area (Å²) in [6, 6.07) is 11.2. The second kappa shape index (κ2) is 5.17. The van der Waals surface area contributed by atoms with Crippen LogP contribution < -0.4 is 4.74 Å². The fourth-order valence-electron chi connectivity index (χ4n) is 1.75. The third-order valence-electron chi connectivity index (χ3n) is 2.92. The topological polar surface area (TPSA) is 26.3 Å². The van der Waals surface area contributed by atoms with Gasteiger partial charge in [0, 0.05) is 10.4 Å². The Hall–Kier alpha value is -1.61. The monoisotopic (exact) mass is 274 g/mol. The van der Waals surface area contributed by atoms with Crippen LogP contribution in [0.5, 0.6) is 5.75 Å². The predicted molar refractivity (Wildman–Crippen MR) is 79.4 cm³/mol. The van der Waals surface area contributed by atoms with E-state index >= 15 is 0 Å². The minimum Gasteiger partial charge on any atom is -0.497 e. The molecule has 0 saturated carbocycles. The van der Waals surface area contributed by atoms with Crippen LogP contribution in [0.3, 0.4) is 0 Å².